The van der Waals surface area contributed by atoms with Crippen LogP contribution in [0.3, 0.4) is 0 Å². The molecule has 166 valence electrons. The van der Waals surface area contributed by atoms with Gasteiger partial charge in [0.2, 0.25) is 0 Å². The SMILES string of the molecule is CCn1cc(CN2CC[C@@H](c3cc(CCOc4ccc(C(F)(F)F)cc4)[nH]n3)C2)cn1. The Hall–Kier alpha value is -2.81. The molecule has 6 nitrogen and oxygen atoms in total. The maximum atomic E-state index is 12.6. The van der Waals surface area contributed by atoms with E-state index in [2.05, 4.69) is 39.4 Å². The number of ether oxygens (including phenoxy) is 1. The van der Waals surface area contributed by atoms with Crippen molar-refractivity contribution in [1.82, 2.24) is 24.9 Å². The van der Waals surface area contributed by atoms with E-state index in [-0.39, 0.29) is 0 Å². The van der Waals surface area contributed by atoms with Crippen LogP contribution in [0.1, 0.15) is 41.8 Å². The summed E-state index contributed by atoms with van der Waals surface area (Å²) in [5.41, 5.74) is 2.56. The molecule has 31 heavy (non-hydrogen) atoms. The lowest BCUT2D eigenvalue weighted by Crippen LogP contribution is -2.19. The third-order valence-corrected chi connectivity index (χ3v) is 5.58. The molecule has 0 saturated carbocycles. The zero-order chi connectivity index (χ0) is 21.8. The summed E-state index contributed by atoms with van der Waals surface area (Å²) in [5, 5.41) is 11.9. The number of aromatic amines is 1. The molecule has 2 aromatic heterocycles. The summed E-state index contributed by atoms with van der Waals surface area (Å²) in [4.78, 5) is 2.42. The predicted octanol–water partition coefficient (Wildman–Crippen LogP) is 4.26. The minimum atomic E-state index is -4.34. The number of nitrogens with zero attached hydrogens (tertiary/aromatic N) is 4. The fourth-order valence-electron chi connectivity index (χ4n) is 3.87. The Bertz CT molecular complexity index is 980. The van der Waals surface area contributed by atoms with Crippen molar-refractivity contribution >= 4 is 0 Å². The van der Waals surface area contributed by atoms with Crippen LogP contribution in [0.25, 0.3) is 0 Å². The van der Waals surface area contributed by atoms with Crippen molar-refractivity contribution in [2.45, 2.75) is 44.9 Å². The van der Waals surface area contributed by atoms with Crippen LogP contribution in [-0.4, -0.2) is 44.6 Å². The number of alkyl halides is 3. The summed E-state index contributed by atoms with van der Waals surface area (Å²) in [6, 6.07) is 6.82. The van der Waals surface area contributed by atoms with Crippen molar-refractivity contribution in [3.63, 3.8) is 0 Å². The summed E-state index contributed by atoms with van der Waals surface area (Å²) in [6.45, 7) is 6.21. The molecule has 1 N–H and O–H groups in total. The second-order valence-corrected chi connectivity index (χ2v) is 7.86. The predicted molar refractivity (Wildman–Crippen MR) is 110 cm³/mol. The fourth-order valence-corrected chi connectivity index (χ4v) is 3.87. The second-order valence-electron chi connectivity index (χ2n) is 7.86. The molecule has 0 bridgehead atoms. The highest BCUT2D eigenvalue weighted by Crippen LogP contribution is 2.30. The quantitative estimate of drug-likeness (QED) is 0.577. The number of nitrogens with one attached hydrogen (secondary N) is 1. The number of aryl methyl sites for hydroxylation is 1. The molecule has 3 heterocycles. The summed E-state index contributed by atoms with van der Waals surface area (Å²) in [6.07, 6.45) is 1.36. The van der Waals surface area contributed by atoms with Crippen LogP contribution in [0.15, 0.2) is 42.7 Å². The average molecular weight is 433 g/mol. The van der Waals surface area contributed by atoms with Crippen LogP contribution in [0.5, 0.6) is 5.75 Å². The van der Waals surface area contributed by atoms with E-state index in [0.29, 0.717) is 24.7 Å². The van der Waals surface area contributed by atoms with Gasteiger partial charge in [-0.3, -0.25) is 14.7 Å². The summed E-state index contributed by atoms with van der Waals surface area (Å²) in [7, 11) is 0. The number of likely N-dealkylation sites (tertiary alicyclic amines) is 1. The molecule has 0 amide bonds. The van der Waals surface area contributed by atoms with E-state index < -0.39 is 11.7 Å². The van der Waals surface area contributed by atoms with E-state index in [1.807, 2.05) is 10.9 Å². The van der Waals surface area contributed by atoms with Gasteiger partial charge in [-0.1, -0.05) is 0 Å². The molecule has 1 atom stereocenters. The second kappa shape index (κ2) is 9.13. The molecular weight excluding hydrogens is 407 g/mol. The van der Waals surface area contributed by atoms with Crippen LogP contribution in [0, 0.1) is 0 Å². The highest BCUT2D eigenvalue weighted by atomic mass is 19.4. The Labute approximate surface area is 179 Å². The molecule has 3 aromatic rings. The van der Waals surface area contributed by atoms with Crippen LogP contribution < -0.4 is 4.74 Å². The molecule has 0 aliphatic carbocycles. The minimum absolute atomic E-state index is 0.366. The highest BCUT2D eigenvalue weighted by Gasteiger charge is 2.30. The first-order valence-electron chi connectivity index (χ1n) is 10.5. The van der Waals surface area contributed by atoms with Gasteiger partial charge in [-0.2, -0.15) is 23.4 Å². The molecule has 1 aliphatic rings. The van der Waals surface area contributed by atoms with Crippen molar-refractivity contribution in [3.8, 4) is 5.75 Å². The van der Waals surface area contributed by atoms with Gasteiger partial charge < -0.3 is 4.74 Å². The summed E-state index contributed by atoms with van der Waals surface area (Å²) in [5.74, 6) is 0.813. The summed E-state index contributed by atoms with van der Waals surface area (Å²) >= 11 is 0. The minimum Gasteiger partial charge on any atom is -0.493 e. The normalized spacial score (nSPS) is 17.4. The number of halogens is 3. The van der Waals surface area contributed by atoms with Gasteiger partial charge in [0.25, 0.3) is 0 Å². The van der Waals surface area contributed by atoms with Crippen molar-refractivity contribution < 1.29 is 17.9 Å². The molecule has 4 rings (SSSR count). The number of H-pyrrole nitrogens is 1. The third-order valence-electron chi connectivity index (χ3n) is 5.58. The van der Waals surface area contributed by atoms with Crippen LogP contribution in [0.2, 0.25) is 0 Å². The standard InChI is InChI=1S/C22H26F3N5O/c1-2-30-14-16(12-26-30)13-29-9-7-17(15-29)21-11-19(27-28-21)8-10-31-20-5-3-18(4-6-20)22(23,24)25/h3-6,11-12,14,17H,2,7-10,13,15H2,1H3,(H,27,28)/t17-/m1/s1. The van der Waals surface area contributed by atoms with Crippen molar-refractivity contribution in [3.05, 3.63) is 65.2 Å². The molecule has 9 heteroatoms. The molecule has 0 unspecified atom stereocenters. The lowest BCUT2D eigenvalue weighted by Gasteiger charge is -2.14. The summed E-state index contributed by atoms with van der Waals surface area (Å²) < 4.78 is 45.4. The number of hydrogen-bond acceptors (Lipinski definition) is 4. The van der Waals surface area contributed by atoms with Crippen molar-refractivity contribution in [1.29, 1.82) is 0 Å². The number of hydrogen-bond donors (Lipinski definition) is 1. The molecule has 1 aromatic carbocycles. The van der Waals surface area contributed by atoms with Gasteiger partial charge in [0.15, 0.2) is 0 Å². The fraction of sp³-hybridized carbons (Fsp3) is 0.455. The highest BCUT2D eigenvalue weighted by molar-refractivity contribution is 5.29. The molecule has 0 radical (unpaired) electrons. The smallest absolute Gasteiger partial charge is 0.416 e. The van der Waals surface area contributed by atoms with Crippen molar-refractivity contribution in [2.75, 3.05) is 19.7 Å². The first-order valence-corrected chi connectivity index (χ1v) is 10.5. The third kappa shape index (κ3) is 5.46. The topological polar surface area (TPSA) is 59.0 Å². The van der Waals surface area contributed by atoms with Gasteiger partial charge in [-0.15, -0.1) is 0 Å². The first kappa shape index (κ1) is 21.4. The Kier molecular flexibility index (Phi) is 6.31. The lowest BCUT2D eigenvalue weighted by atomic mass is 10.0. The van der Waals surface area contributed by atoms with Gasteiger partial charge >= 0.3 is 6.18 Å². The van der Waals surface area contributed by atoms with Gasteiger partial charge in [0.05, 0.1) is 24.1 Å². The molecule has 1 saturated heterocycles. The zero-order valence-electron chi connectivity index (χ0n) is 17.4. The monoisotopic (exact) mass is 433 g/mol. The van der Waals surface area contributed by atoms with Crippen LogP contribution >= 0.6 is 0 Å². The van der Waals surface area contributed by atoms with Crippen LogP contribution in [0.4, 0.5) is 13.2 Å². The lowest BCUT2D eigenvalue weighted by molar-refractivity contribution is -0.137. The van der Waals surface area contributed by atoms with Gasteiger partial charge in [-0.05, 0) is 50.2 Å². The number of aromatic nitrogens is 4. The average Bonchev–Trinajstić information content (AvgIpc) is 3.49. The molecular formula is C22H26F3N5O. The maximum Gasteiger partial charge on any atom is 0.416 e. The van der Waals surface area contributed by atoms with Crippen molar-refractivity contribution in [2.24, 2.45) is 0 Å². The Morgan fingerprint density at radius 2 is 2.03 bits per heavy atom. The zero-order valence-corrected chi connectivity index (χ0v) is 17.4. The van der Waals surface area contributed by atoms with Crippen LogP contribution in [-0.2, 0) is 25.7 Å². The van der Waals surface area contributed by atoms with E-state index in [4.69, 9.17) is 4.74 Å². The largest absolute Gasteiger partial charge is 0.493 e. The van der Waals surface area contributed by atoms with E-state index in [1.165, 1.54) is 17.7 Å². The Morgan fingerprint density at radius 3 is 2.74 bits per heavy atom. The Balaban J connectivity index is 1.24. The number of benzene rings is 1. The van der Waals surface area contributed by atoms with Gasteiger partial charge in [0, 0.05) is 49.4 Å². The van der Waals surface area contributed by atoms with E-state index in [9.17, 15) is 13.2 Å². The molecule has 1 fully saturated rings. The first-order chi connectivity index (χ1) is 14.9. The number of rotatable bonds is 8. The van der Waals surface area contributed by atoms with Gasteiger partial charge in [0.1, 0.15) is 5.75 Å². The molecule has 1 aliphatic heterocycles. The molecule has 0 spiro atoms. The van der Waals surface area contributed by atoms with E-state index in [0.717, 1.165) is 56.1 Å². The van der Waals surface area contributed by atoms with Gasteiger partial charge in [-0.25, -0.2) is 0 Å². The van der Waals surface area contributed by atoms with E-state index >= 15 is 0 Å². The maximum absolute atomic E-state index is 12.6. The van der Waals surface area contributed by atoms with E-state index in [1.54, 1.807) is 0 Å². The Morgan fingerprint density at radius 1 is 1.23 bits per heavy atom.